The van der Waals surface area contributed by atoms with Crippen molar-refractivity contribution in [3.63, 3.8) is 0 Å². The Morgan fingerprint density at radius 1 is 1.21 bits per heavy atom. The van der Waals surface area contributed by atoms with E-state index in [-0.39, 0.29) is 6.54 Å². The first kappa shape index (κ1) is 12.8. The van der Waals surface area contributed by atoms with E-state index in [2.05, 4.69) is 15.7 Å². The summed E-state index contributed by atoms with van der Waals surface area (Å²) in [6.07, 6.45) is 1.40. The lowest BCUT2D eigenvalue weighted by Crippen LogP contribution is -2.33. The number of primary amides is 1. The van der Waals surface area contributed by atoms with Gasteiger partial charge in [0.1, 0.15) is 5.82 Å². The maximum atomic E-state index is 12.0. The molecule has 1 heterocycles. The van der Waals surface area contributed by atoms with Crippen molar-refractivity contribution in [3.8, 4) is 0 Å². The third-order valence-electron chi connectivity index (χ3n) is 2.60. The lowest BCUT2D eigenvalue weighted by atomic mass is 10.1. The number of hydrazine groups is 1. The van der Waals surface area contributed by atoms with E-state index in [9.17, 15) is 9.59 Å². The first-order chi connectivity index (χ1) is 9.13. The number of pyridine rings is 1. The SMILES string of the molecule is NNc1ncc(C(=O)NCC(N)=O)c2ccccc12. The van der Waals surface area contributed by atoms with E-state index in [1.54, 1.807) is 18.2 Å². The summed E-state index contributed by atoms with van der Waals surface area (Å²) in [6.45, 7) is -0.218. The summed E-state index contributed by atoms with van der Waals surface area (Å²) < 4.78 is 0. The molecule has 2 rings (SSSR count). The molecule has 6 N–H and O–H groups in total. The molecular formula is C12H13N5O2. The summed E-state index contributed by atoms with van der Waals surface area (Å²) in [5.74, 6) is 4.82. The van der Waals surface area contributed by atoms with E-state index in [0.29, 0.717) is 16.8 Å². The zero-order valence-electron chi connectivity index (χ0n) is 10.0. The van der Waals surface area contributed by atoms with Gasteiger partial charge in [0, 0.05) is 11.6 Å². The Kier molecular flexibility index (Phi) is 3.58. The van der Waals surface area contributed by atoms with Gasteiger partial charge in [0.25, 0.3) is 5.91 Å². The highest BCUT2D eigenvalue weighted by atomic mass is 16.2. The van der Waals surface area contributed by atoms with Gasteiger partial charge in [-0.05, 0) is 5.39 Å². The van der Waals surface area contributed by atoms with Gasteiger partial charge in [-0.1, -0.05) is 24.3 Å². The minimum Gasteiger partial charge on any atom is -0.368 e. The molecule has 7 nitrogen and oxygen atoms in total. The van der Waals surface area contributed by atoms with E-state index in [4.69, 9.17) is 11.6 Å². The van der Waals surface area contributed by atoms with Crippen molar-refractivity contribution in [1.82, 2.24) is 10.3 Å². The largest absolute Gasteiger partial charge is 0.368 e. The number of hydrogen-bond acceptors (Lipinski definition) is 5. The Morgan fingerprint density at radius 2 is 1.89 bits per heavy atom. The molecule has 19 heavy (non-hydrogen) atoms. The average Bonchev–Trinajstić information content (AvgIpc) is 2.43. The van der Waals surface area contributed by atoms with E-state index >= 15 is 0 Å². The van der Waals surface area contributed by atoms with Crippen molar-refractivity contribution in [2.24, 2.45) is 11.6 Å². The number of anilines is 1. The minimum atomic E-state index is -0.606. The van der Waals surface area contributed by atoms with Crippen molar-refractivity contribution in [2.45, 2.75) is 0 Å². The summed E-state index contributed by atoms with van der Waals surface area (Å²) in [6, 6.07) is 7.18. The molecule has 98 valence electrons. The fourth-order valence-corrected chi connectivity index (χ4v) is 1.75. The van der Waals surface area contributed by atoms with E-state index < -0.39 is 11.8 Å². The van der Waals surface area contributed by atoms with Gasteiger partial charge in [0.2, 0.25) is 5.91 Å². The van der Waals surface area contributed by atoms with Crippen LogP contribution in [0.3, 0.4) is 0 Å². The molecule has 7 heteroatoms. The zero-order chi connectivity index (χ0) is 13.8. The number of hydrogen-bond donors (Lipinski definition) is 4. The second-order valence-electron chi connectivity index (χ2n) is 3.86. The fourth-order valence-electron chi connectivity index (χ4n) is 1.75. The van der Waals surface area contributed by atoms with Crippen LogP contribution in [0.25, 0.3) is 10.8 Å². The molecule has 0 spiro atoms. The number of nitrogens with two attached hydrogens (primary N) is 2. The summed E-state index contributed by atoms with van der Waals surface area (Å²) in [7, 11) is 0. The fraction of sp³-hybridized carbons (Fsp3) is 0.0833. The van der Waals surface area contributed by atoms with E-state index in [0.717, 1.165) is 5.39 Å². The highest BCUT2D eigenvalue weighted by Gasteiger charge is 2.13. The Bertz CT molecular complexity index is 641. The topological polar surface area (TPSA) is 123 Å². The van der Waals surface area contributed by atoms with E-state index in [1.165, 1.54) is 6.20 Å². The third-order valence-corrected chi connectivity index (χ3v) is 2.60. The number of fused-ring (bicyclic) bond motifs is 1. The van der Waals surface area contributed by atoms with Crippen LogP contribution in [0.5, 0.6) is 0 Å². The van der Waals surface area contributed by atoms with Crippen LogP contribution in [-0.2, 0) is 4.79 Å². The van der Waals surface area contributed by atoms with Crippen LogP contribution in [0.2, 0.25) is 0 Å². The Morgan fingerprint density at radius 3 is 2.53 bits per heavy atom. The summed E-state index contributed by atoms with van der Waals surface area (Å²) in [5.41, 5.74) is 7.81. The third kappa shape index (κ3) is 2.61. The predicted molar refractivity (Wildman–Crippen MR) is 71.1 cm³/mol. The monoisotopic (exact) mass is 259 g/mol. The quantitative estimate of drug-likeness (QED) is 0.445. The average molecular weight is 259 g/mol. The van der Waals surface area contributed by atoms with Crippen LogP contribution in [0.15, 0.2) is 30.5 Å². The molecule has 0 atom stereocenters. The molecule has 0 aliphatic carbocycles. The molecule has 0 saturated carbocycles. The first-order valence-corrected chi connectivity index (χ1v) is 5.54. The normalized spacial score (nSPS) is 10.2. The van der Waals surface area contributed by atoms with Crippen LogP contribution in [0.4, 0.5) is 5.82 Å². The van der Waals surface area contributed by atoms with E-state index in [1.807, 2.05) is 6.07 Å². The van der Waals surface area contributed by atoms with Gasteiger partial charge in [0.05, 0.1) is 12.1 Å². The molecule has 2 amide bonds. The van der Waals surface area contributed by atoms with Crippen molar-refractivity contribution in [2.75, 3.05) is 12.0 Å². The number of nitrogens with one attached hydrogen (secondary N) is 2. The number of amides is 2. The molecule has 0 unspecified atom stereocenters. The second-order valence-corrected chi connectivity index (χ2v) is 3.86. The maximum absolute atomic E-state index is 12.0. The van der Waals surface area contributed by atoms with Gasteiger partial charge in [-0.25, -0.2) is 10.8 Å². The number of benzene rings is 1. The molecular weight excluding hydrogens is 246 g/mol. The molecule has 0 saturated heterocycles. The summed E-state index contributed by atoms with van der Waals surface area (Å²) in [5, 5.41) is 3.83. The smallest absolute Gasteiger partial charge is 0.253 e. The van der Waals surface area contributed by atoms with Crippen LogP contribution in [0, 0.1) is 0 Å². The minimum absolute atomic E-state index is 0.218. The van der Waals surface area contributed by atoms with Crippen LogP contribution in [-0.4, -0.2) is 23.3 Å². The predicted octanol–water partition coefficient (Wildman–Crippen LogP) is -0.265. The summed E-state index contributed by atoms with van der Waals surface area (Å²) >= 11 is 0. The van der Waals surface area contributed by atoms with Gasteiger partial charge in [-0.3, -0.25) is 9.59 Å². The highest BCUT2D eigenvalue weighted by Crippen LogP contribution is 2.23. The van der Waals surface area contributed by atoms with Crippen molar-refractivity contribution < 1.29 is 9.59 Å². The molecule has 1 aromatic heterocycles. The Labute approximate surface area is 109 Å². The van der Waals surface area contributed by atoms with Crippen LogP contribution < -0.4 is 22.3 Å². The van der Waals surface area contributed by atoms with Gasteiger partial charge in [-0.15, -0.1) is 0 Å². The van der Waals surface area contributed by atoms with Gasteiger partial charge in [0.15, 0.2) is 0 Å². The number of carbonyl (C=O) groups is 2. The van der Waals surface area contributed by atoms with Crippen LogP contribution in [0.1, 0.15) is 10.4 Å². The first-order valence-electron chi connectivity index (χ1n) is 5.54. The zero-order valence-corrected chi connectivity index (χ0v) is 10.0. The van der Waals surface area contributed by atoms with Crippen molar-refractivity contribution in [1.29, 1.82) is 0 Å². The second kappa shape index (κ2) is 5.32. The molecule has 0 aliphatic heterocycles. The molecule has 1 aromatic carbocycles. The van der Waals surface area contributed by atoms with Crippen molar-refractivity contribution in [3.05, 3.63) is 36.0 Å². The lowest BCUT2D eigenvalue weighted by Gasteiger charge is -2.09. The van der Waals surface area contributed by atoms with Crippen molar-refractivity contribution >= 4 is 28.4 Å². The number of nitrogen functional groups attached to an aromatic ring is 1. The molecule has 0 radical (unpaired) electrons. The summed E-state index contributed by atoms with van der Waals surface area (Å²) in [4.78, 5) is 26.7. The molecule has 2 aromatic rings. The molecule has 0 fully saturated rings. The maximum Gasteiger partial charge on any atom is 0.253 e. The lowest BCUT2D eigenvalue weighted by molar-refractivity contribution is -0.117. The number of carbonyl (C=O) groups excluding carboxylic acids is 2. The van der Waals surface area contributed by atoms with Gasteiger partial charge >= 0.3 is 0 Å². The standard InChI is InChI=1S/C12H13N5O2/c13-10(18)6-16-12(19)9-5-15-11(17-14)8-4-2-1-3-7(8)9/h1-5H,6,14H2,(H2,13,18)(H,15,17)(H,16,19). The highest BCUT2D eigenvalue weighted by molar-refractivity contribution is 6.09. The number of nitrogens with zero attached hydrogens (tertiary/aromatic N) is 1. The molecule has 0 aliphatic rings. The Balaban J connectivity index is 2.44. The van der Waals surface area contributed by atoms with Gasteiger partial charge in [-0.2, -0.15) is 0 Å². The van der Waals surface area contributed by atoms with Crippen LogP contribution >= 0.6 is 0 Å². The van der Waals surface area contributed by atoms with Gasteiger partial charge < -0.3 is 16.5 Å². The molecule has 0 bridgehead atoms. The number of aromatic nitrogens is 1. The Hall–Kier alpha value is -2.67. The number of rotatable bonds is 4.